The lowest BCUT2D eigenvalue weighted by Crippen LogP contribution is -2.43. The van der Waals surface area contributed by atoms with Crippen LogP contribution in [-0.2, 0) is 18.6 Å². The number of halogens is 1. The molecule has 33 heavy (non-hydrogen) atoms. The Morgan fingerprint density at radius 1 is 1.36 bits per heavy atom. The molecule has 1 aliphatic rings. The van der Waals surface area contributed by atoms with Crippen LogP contribution in [0.2, 0.25) is 0 Å². The molecule has 1 aliphatic heterocycles. The van der Waals surface area contributed by atoms with Crippen molar-refractivity contribution in [3.8, 4) is 5.75 Å². The van der Waals surface area contributed by atoms with Crippen LogP contribution >= 0.6 is 8.18 Å². The van der Waals surface area contributed by atoms with Gasteiger partial charge in [-0.15, -0.1) is 4.52 Å². The zero-order valence-electron chi connectivity index (χ0n) is 17.5. The first-order valence-electron chi connectivity index (χ1n) is 9.71. The van der Waals surface area contributed by atoms with E-state index in [2.05, 4.69) is 0 Å². The molecule has 1 aromatic heterocycles. The van der Waals surface area contributed by atoms with Crippen LogP contribution in [0.1, 0.15) is 20.1 Å². The lowest BCUT2D eigenvalue weighted by molar-refractivity contribution is -0.148. The number of hydroxylamine groups is 1. The molecule has 2 heterocycles. The monoisotopic (exact) mass is 486 g/mol. The number of aromatic amines is 1. The number of hydrogen-bond donors (Lipinski definition) is 3. The summed E-state index contributed by atoms with van der Waals surface area (Å²) in [5, 5.41) is 19.7. The fourth-order valence-electron chi connectivity index (χ4n) is 3.09. The average molecular weight is 486 g/mol. The van der Waals surface area contributed by atoms with Crippen LogP contribution in [0.15, 0.2) is 52.2 Å². The van der Waals surface area contributed by atoms with E-state index in [0.29, 0.717) is 4.83 Å². The first-order valence-corrected chi connectivity index (χ1v) is 10.8. The molecule has 1 fully saturated rings. The lowest BCUT2D eigenvalue weighted by atomic mass is 9.98. The summed E-state index contributed by atoms with van der Waals surface area (Å²) in [4.78, 5) is 42.7. The highest BCUT2D eigenvalue weighted by Crippen LogP contribution is 2.42. The minimum absolute atomic E-state index is 0.198. The molecule has 14 heteroatoms. The quantitative estimate of drug-likeness (QED) is 0.344. The van der Waals surface area contributed by atoms with Crippen LogP contribution in [0.25, 0.3) is 0 Å². The zero-order chi connectivity index (χ0) is 24.3. The molecule has 1 saturated heterocycles. The summed E-state index contributed by atoms with van der Waals surface area (Å²) in [6.07, 6.45) is -3.77. The van der Waals surface area contributed by atoms with Crippen molar-refractivity contribution in [3.63, 3.8) is 0 Å². The summed E-state index contributed by atoms with van der Waals surface area (Å²) in [5.41, 5.74) is -4.12. The summed E-state index contributed by atoms with van der Waals surface area (Å²) >= 11 is 0. The Morgan fingerprint density at radius 2 is 2.03 bits per heavy atom. The number of aromatic nitrogens is 2. The van der Waals surface area contributed by atoms with Crippen LogP contribution in [0.3, 0.4) is 0 Å². The molecule has 1 aromatic carbocycles. The number of nitrogens with zero attached hydrogens (tertiary/aromatic N) is 2. The van der Waals surface area contributed by atoms with Gasteiger partial charge in [0.05, 0.1) is 0 Å². The topological polar surface area (TPSA) is 160 Å². The third-order valence-corrected chi connectivity index (χ3v) is 6.08. The van der Waals surface area contributed by atoms with Gasteiger partial charge in [-0.05, 0) is 30.5 Å². The molecule has 0 spiro atoms. The standard InChI is InChI=1S/C19H21FN3O9P/c1-11(16(26)27)23(32-12-6-4-3-5-7-12)33(29)30-10-13-15(25)19(2,20)17(31-13)22-9-8-14(24)21-18(22)28/h3-9,11,13,15,17,25H,10H2,1-2H3,(H-,21,24,26,27,28)/p+1/t11?,13-,15-,17-,19-/m1/s1. The van der Waals surface area contributed by atoms with Gasteiger partial charge >= 0.3 is 19.8 Å². The van der Waals surface area contributed by atoms with Crippen molar-refractivity contribution in [2.45, 2.75) is 44.0 Å². The number of hydrogen-bond acceptors (Lipinski definition) is 8. The molecule has 0 amide bonds. The van der Waals surface area contributed by atoms with Gasteiger partial charge in [-0.2, -0.15) is 0 Å². The zero-order valence-corrected chi connectivity index (χ0v) is 18.4. The summed E-state index contributed by atoms with van der Waals surface area (Å²) in [6, 6.07) is 7.56. The molecular formula is C19H22FN3O9P+. The van der Waals surface area contributed by atoms with E-state index in [1.165, 1.54) is 19.1 Å². The smallest absolute Gasteiger partial charge is 0.480 e. The van der Waals surface area contributed by atoms with Gasteiger partial charge in [0, 0.05) is 12.3 Å². The number of nitrogens with one attached hydrogen (secondary N) is 1. The SMILES string of the molecule is CC(C(=O)O)N(Oc1ccccc1)[P+](=O)OC[C@H]1O[C@@H](n2ccc(=O)[nH]c2=O)[C@](C)(F)[C@@H]1O. The van der Waals surface area contributed by atoms with E-state index in [0.717, 1.165) is 23.8 Å². The van der Waals surface area contributed by atoms with Crippen molar-refractivity contribution in [1.82, 2.24) is 14.4 Å². The Morgan fingerprint density at radius 3 is 2.64 bits per heavy atom. The molecule has 2 aromatic rings. The van der Waals surface area contributed by atoms with Gasteiger partial charge in [-0.25, -0.2) is 9.18 Å². The molecule has 12 nitrogen and oxygen atoms in total. The van der Waals surface area contributed by atoms with Crippen LogP contribution in [0.4, 0.5) is 4.39 Å². The largest absolute Gasteiger partial charge is 0.653 e. The molecule has 2 unspecified atom stereocenters. The Labute approximate surface area is 187 Å². The number of benzene rings is 1. The Kier molecular flexibility index (Phi) is 7.40. The van der Waals surface area contributed by atoms with Gasteiger partial charge in [0.15, 0.2) is 23.7 Å². The molecule has 3 N–H and O–H groups in total. The van der Waals surface area contributed by atoms with Crippen molar-refractivity contribution in [2.75, 3.05) is 6.61 Å². The molecule has 0 aliphatic carbocycles. The average Bonchev–Trinajstić information content (AvgIpc) is 2.99. The predicted molar refractivity (Wildman–Crippen MR) is 110 cm³/mol. The number of rotatable bonds is 9. The third-order valence-electron chi connectivity index (χ3n) is 4.96. The number of carboxylic acids is 1. The maximum absolute atomic E-state index is 15.2. The van der Waals surface area contributed by atoms with Crippen LogP contribution < -0.4 is 16.1 Å². The van der Waals surface area contributed by atoms with Crippen molar-refractivity contribution in [2.24, 2.45) is 0 Å². The van der Waals surface area contributed by atoms with Crippen LogP contribution in [0, 0.1) is 0 Å². The number of H-pyrrole nitrogens is 1. The second kappa shape index (κ2) is 9.89. The van der Waals surface area contributed by atoms with E-state index in [4.69, 9.17) is 14.1 Å². The molecule has 6 atom stereocenters. The van der Waals surface area contributed by atoms with E-state index >= 15 is 4.39 Å². The number of alkyl halides is 1. The van der Waals surface area contributed by atoms with Crippen LogP contribution in [0.5, 0.6) is 5.75 Å². The minimum atomic E-state index is -2.93. The molecule has 0 radical (unpaired) electrons. The Bertz CT molecular complexity index is 1120. The van der Waals surface area contributed by atoms with Crippen molar-refractivity contribution in [3.05, 3.63) is 63.4 Å². The van der Waals surface area contributed by atoms with Gasteiger partial charge in [-0.1, -0.05) is 18.2 Å². The molecule has 0 saturated carbocycles. The summed E-state index contributed by atoms with van der Waals surface area (Å²) in [6.45, 7) is 1.60. The van der Waals surface area contributed by atoms with Gasteiger partial charge in [0.2, 0.25) is 0 Å². The fraction of sp³-hybridized carbons (Fsp3) is 0.421. The summed E-state index contributed by atoms with van der Waals surface area (Å²) in [5.74, 6) is -1.15. The second-order valence-electron chi connectivity index (χ2n) is 7.40. The van der Waals surface area contributed by atoms with E-state index in [-0.39, 0.29) is 5.75 Å². The van der Waals surface area contributed by atoms with Gasteiger partial charge in [0.1, 0.15) is 23.6 Å². The van der Waals surface area contributed by atoms with E-state index in [1.807, 2.05) is 4.98 Å². The highest BCUT2D eigenvalue weighted by atomic mass is 31.1. The number of aliphatic hydroxyl groups excluding tert-OH is 1. The van der Waals surface area contributed by atoms with E-state index in [1.54, 1.807) is 18.2 Å². The minimum Gasteiger partial charge on any atom is -0.480 e. The Hall–Kier alpha value is -2.96. The van der Waals surface area contributed by atoms with Gasteiger partial charge < -0.3 is 19.8 Å². The number of para-hydroxylation sites is 1. The van der Waals surface area contributed by atoms with E-state index in [9.17, 15) is 29.2 Å². The fourth-order valence-corrected chi connectivity index (χ4v) is 4.03. The molecular weight excluding hydrogens is 464 g/mol. The van der Waals surface area contributed by atoms with Crippen molar-refractivity contribution in [1.29, 1.82) is 0 Å². The van der Waals surface area contributed by atoms with Gasteiger partial charge in [0.25, 0.3) is 5.56 Å². The first kappa shape index (κ1) is 24.7. The summed E-state index contributed by atoms with van der Waals surface area (Å²) < 4.78 is 39.3. The summed E-state index contributed by atoms with van der Waals surface area (Å²) in [7, 11) is -2.93. The molecule has 0 bridgehead atoms. The third kappa shape index (κ3) is 5.34. The lowest BCUT2D eigenvalue weighted by Gasteiger charge is -2.24. The highest BCUT2D eigenvalue weighted by Gasteiger charge is 2.56. The number of carboxylic acid groups (broad SMARTS) is 1. The van der Waals surface area contributed by atoms with E-state index < -0.39 is 62.2 Å². The number of aliphatic hydroxyl groups is 1. The van der Waals surface area contributed by atoms with Crippen molar-refractivity contribution < 1.29 is 38.1 Å². The second-order valence-corrected chi connectivity index (χ2v) is 8.52. The number of ether oxygens (including phenoxy) is 1. The van der Waals surface area contributed by atoms with Crippen molar-refractivity contribution >= 4 is 14.1 Å². The Balaban J connectivity index is 1.74. The normalized spacial score (nSPS) is 26.2. The van der Waals surface area contributed by atoms with Gasteiger partial charge in [-0.3, -0.25) is 19.1 Å². The first-order chi connectivity index (χ1) is 15.5. The molecule has 178 valence electrons. The maximum Gasteiger partial charge on any atom is 0.653 e. The maximum atomic E-state index is 15.2. The highest BCUT2D eigenvalue weighted by molar-refractivity contribution is 7.36. The molecule has 3 rings (SSSR count). The number of aliphatic carboxylic acids is 1. The van der Waals surface area contributed by atoms with Crippen LogP contribution in [-0.4, -0.2) is 61.1 Å². The number of carbonyl (C=O) groups is 1. The predicted octanol–water partition coefficient (Wildman–Crippen LogP) is 0.966.